The third-order valence-corrected chi connectivity index (χ3v) is 7.95. The zero-order valence-electron chi connectivity index (χ0n) is 27.6. The molecule has 2 aliphatic rings. The zero-order valence-corrected chi connectivity index (χ0v) is 27.6. The number of hydrogen-bond acceptors (Lipinski definition) is 11. The lowest BCUT2D eigenvalue weighted by Gasteiger charge is -2.39. The molecule has 1 saturated heterocycles. The molecule has 1 aliphatic carbocycles. The summed E-state index contributed by atoms with van der Waals surface area (Å²) in [4.78, 5) is 44.2. The highest BCUT2D eigenvalue weighted by molar-refractivity contribution is 6.00. The van der Waals surface area contributed by atoms with Crippen molar-refractivity contribution in [3.05, 3.63) is 71.9 Å². The van der Waals surface area contributed by atoms with Crippen LogP contribution in [0.1, 0.15) is 66.3 Å². The lowest BCUT2D eigenvalue weighted by molar-refractivity contribution is -0.117. The van der Waals surface area contributed by atoms with E-state index in [0.29, 0.717) is 29.4 Å². The van der Waals surface area contributed by atoms with E-state index in [1.807, 2.05) is 62.0 Å². The van der Waals surface area contributed by atoms with Crippen molar-refractivity contribution in [2.45, 2.75) is 51.8 Å². The van der Waals surface area contributed by atoms with Gasteiger partial charge in [0.25, 0.3) is 5.91 Å². The topological polar surface area (TPSA) is 165 Å². The molecule has 48 heavy (non-hydrogen) atoms. The van der Waals surface area contributed by atoms with Crippen molar-refractivity contribution in [2.75, 3.05) is 37.9 Å². The SMILES string of the molecule is CNC(=O)c1nnc(NC(=O)C2CC2)cc1Nc1cccc(-c2cnn(C3CN(Cc4cccc(C(=O)OC(C)(C)C)n4)C3)c2)c1OC. The molecule has 1 aliphatic heterocycles. The van der Waals surface area contributed by atoms with Crippen LogP contribution in [-0.2, 0) is 16.1 Å². The van der Waals surface area contributed by atoms with Crippen LogP contribution in [0.3, 0.4) is 0 Å². The number of aromatic nitrogens is 5. The molecular formula is C34H39N9O5. The van der Waals surface area contributed by atoms with E-state index in [1.54, 1.807) is 25.4 Å². The maximum Gasteiger partial charge on any atom is 0.357 e. The number of methoxy groups -OCH3 is 1. The number of ether oxygens (including phenoxy) is 2. The Morgan fingerprint density at radius 3 is 2.50 bits per heavy atom. The molecule has 0 unspecified atom stereocenters. The molecule has 0 spiro atoms. The predicted molar refractivity (Wildman–Crippen MR) is 178 cm³/mol. The van der Waals surface area contributed by atoms with Crippen molar-refractivity contribution in [2.24, 2.45) is 5.92 Å². The smallest absolute Gasteiger partial charge is 0.357 e. The molecule has 6 rings (SSSR count). The number of carbonyl (C=O) groups is 3. The number of hydrogen-bond donors (Lipinski definition) is 3. The largest absolute Gasteiger partial charge is 0.494 e. The van der Waals surface area contributed by atoms with Crippen molar-refractivity contribution in [3.63, 3.8) is 0 Å². The Bertz CT molecular complexity index is 1840. The second-order valence-electron chi connectivity index (χ2n) is 12.9. The summed E-state index contributed by atoms with van der Waals surface area (Å²) in [5.41, 5.74) is 3.20. The molecule has 1 aromatic carbocycles. The van der Waals surface area contributed by atoms with Gasteiger partial charge in [0.05, 0.1) is 36.4 Å². The lowest BCUT2D eigenvalue weighted by Crippen LogP contribution is -2.47. The summed E-state index contributed by atoms with van der Waals surface area (Å²) in [7, 11) is 3.09. The first-order valence-electron chi connectivity index (χ1n) is 15.8. The first-order valence-corrected chi connectivity index (χ1v) is 15.8. The monoisotopic (exact) mass is 653 g/mol. The molecule has 3 aromatic heterocycles. The van der Waals surface area contributed by atoms with E-state index < -0.39 is 17.5 Å². The van der Waals surface area contributed by atoms with E-state index >= 15 is 0 Å². The molecule has 2 fully saturated rings. The second-order valence-corrected chi connectivity index (χ2v) is 12.9. The fourth-order valence-corrected chi connectivity index (χ4v) is 5.39. The second kappa shape index (κ2) is 13.4. The van der Waals surface area contributed by atoms with Gasteiger partial charge in [-0.05, 0) is 51.8 Å². The fourth-order valence-electron chi connectivity index (χ4n) is 5.39. The molecule has 14 nitrogen and oxygen atoms in total. The van der Waals surface area contributed by atoms with Crippen LogP contribution < -0.4 is 20.7 Å². The number of carbonyl (C=O) groups excluding carboxylic acids is 3. The molecule has 4 aromatic rings. The summed E-state index contributed by atoms with van der Waals surface area (Å²) < 4.78 is 13.3. The molecule has 4 heterocycles. The number of likely N-dealkylation sites (tertiary alicyclic amines) is 1. The van der Waals surface area contributed by atoms with Crippen molar-refractivity contribution in [1.29, 1.82) is 0 Å². The average Bonchev–Trinajstić information content (AvgIpc) is 3.79. The Morgan fingerprint density at radius 2 is 1.79 bits per heavy atom. The number of nitrogens with one attached hydrogen (secondary N) is 3. The molecule has 1 saturated carbocycles. The van der Waals surface area contributed by atoms with Gasteiger partial charge in [0.1, 0.15) is 17.0 Å². The van der Waals surface area contributed by atoms with Crippen molar-refractivity contribution < 1.29 is 23.9 Å². The number of benzene rings is 1. The number of anilines is 3. The van der Waals surface area contributed by atoms with Gasteiger partial charge < -0.3 is 25.4 Å². The quantitative estimate of drug-likeness (QED) is 0.199. The van der Waals surface area contributed by atoms with Crippen LogP contribution in [0.2, 0.25) is 0 Å². The van der Waals surface area contributed by atoms with Crippen LogP contribution in [0.25, 0.3) is 11.1 Å². The molecule has 14 heteroatoms. The fraction of sp³-hybridized carbons (Fsp3) is 0.382. The Morgan fingerprint density at radius 1 is 1.02 bits per heavy atom. The highest BCUT2D eigenvalue weighted by atomic mass is 16.6. The standard InChI is InChI=1S/C34H39N9O5/c1-34(2,3)48-33(46)26-11-6-8-22(37-26)17-42-18-23(19-42)43-16-21(15-36-43)24-9-7-10-25(30(24)47-5)38-27-14-28(39-31(44)20-12-13-20)40-41-29(27)32(45)35-4/h6-11,14-16,20,23H,12-13,17-19H2,1-5H3,(H,35,45)(H2,38,39,40,44). The van der Waals surface area contributed by atoms with Gasteiger partial charge in [0.15, 0.2) is 11.5 Å². The van der Waals surface area contributed by atoms with Gasteiger partial charge in [-0.15, -0.1) is 10.2 Å². The molecule has 0 bridgehead atoms. The normalized spacial score (nSPS) is 14.9. The van der Waals surface area contributed by atoms with Crippen molar-refractivity contribution >= 4 is 35.0 Å². The molecule has 2 amide bonds. The summed E-state index contributed by atoms with van der Waals surface area (Å²) in [5.74, 6) is -0.190. The van der Waals surface area contributed by atoms with Crippen LogP contribution in [-0.4, -0.2) is 80.5 Å². The highest BCUT2D eigenvalue weighted by Gasteiger charge is 2.31. The third kappa shape index (κ3) is 7.44. The molecule has 0 radical (unpaired) electrons. The molecular weight excluding hydrogens is 614 g/mol. The van der Waals surface area contributed by atoms with Crippen LogP contribution in [0, 0.1) is 5.92 Å². The van der Waals surface area contributed by atoms with E-state index in [2.05, 4.69) is 41.1 Å². The first-order chi connectivity index (χ1) is 23.0. The number of nitrogens with zero attached hydrogens (tertiary/aromatic N) is 6. The van der Waals surface area contributed by atoms with Gasteiger partial charge >= 0.3 is 5.97 Å². The zero-order chi connectivity index (χ0) is 34.0. The third-order valence-electron chi connectivity index (χ3n) is 7.95. The van der Waals surface area contributed by atoms with E-state index in [-0.39, 0.29) is 29.4 Å². The Kier molecular flexibility index (Phi) is 9.09. The van der Waals surface area contributed by atoms with Crippen LogP contribution in [0.4, 0.5) is 17.2 Å². The minimum absolute atomic E-state index is 0.0116. The van der Waals surface area contributed by atoms with Crippen molar-refractivity contribution in [3.8, 4) is 16.9 Å². The van der Waals surface area contributed by atoms with Gasteiger partial charge in [-0.25, -0.2) is 9.78 Å². The summed E-state index contributed by atoms with van der Waals surface area (Å²) in [6, 6.07) is 12.8. The molecule has 250 valence electrons. The number of amides is 2. The highest BCUT2D eigenvalue weighted by Crippen LogP contribution is 2.39. The summed E-state index contributed by atoms with van der Waals surface area (Å²) in [5, 5.41) is 21.4. The van der Waals surface area contributed by atoms with Crippen LogP contribution >= 0.6 is 0 Å². The number of rotatable bonds is 11. The summed E-state index contributed by atoms with van der Waals surface area (Å²) in [6.45, 7) is 7.65. The maximum atomic E-state index is 12.6. The Labute approximate surface area is 278 Å². The number of esters is 1. The molecule has 0 atom stereocenters. The Hall–Kier alpha value is -5.37. The van der Waals surface area contributed by atoms with Gasteiger partial charge in [-0.1, -0.05) is 18.2 Å². The lowest BCUT2D eigenvalue weighted by atomic mass is 10.1. The number of para-hydroxylation sites is 1. The summed E-state index contributed by atoms with van der Waals surface area (Å²) >= 11 is 0. The first kappa shape index (κ1) is 32.6. The average molecular weight is 654 g/mol. The van der Waals surface area contributed by atoms with Gasteiger partial charge in [0, 0.05) is 56.0 Å². The van der Waals surface area contributed by atoms with E-state index in [4.69, 9.17) is 9.47 Å². The minimum atomic E-state index is -0.587. The van der Waals surface area contributed by atoms with E-state index in [1.165, 1.54) is 7.05 Å². The van der Waals surface area contributed by atoms with Gasteiger partial charge in [-0.2, -0.15) is 5.10 Å². The minimum Gasteiger partial charge on any atom is -0.494 e. The number of pyridine rings is 1. The Balaban J connectivity index is 1.15. The van der Waals surface area contributed by atoms with E-state index in [0.717, 1.165) is 42.8 Å². The van der Waals surface area contributed by atoms with Crippen LogP contribution in [0.15, 0.2) is 54.9 Å². The van der Waals surface area contributed by atoms with Crippen molar-refractivity contribution in [1.82, 2.24) is 35.2 Å². The van der Waals surface area contributed by atoms with Gasteiger partial charge in [0.2, 0.25) is 5.91 Å². The maximum absolute atomic E-state index is 12.6. The summed E-state index contributed by atoms with van der Waals surface area (Å²) in [6.07, 6.45) is 5.49. The van der Waals surface area contributed by atoms with E-state index in [9.17, 15) is 14.4 Å². The van der Waals surface area contributed by atoms with Gasteiger partial charge in [-0.3, -0.25) is 19.2 Å². The predicted octanol–water partition coefficient (Wildman–Crippen LogP) is 4.21. The van der Waals surface area contributed by atoms with Crippen LogP contribution in [0.5, 0.6) is 5.75 Å². The molecule has 3 N–H and O–H groups in total.